The summed E-state index contributed by atoms with van der Waals surface area (Å²) in [6.07, 6.45) is 27.5. The average Bonchev–Trinajstić information content (AvgIpc) is 2.82. The van der Waals surface area contributed by atoms with Gasteiger partial charge in [0.15, 0.2) is 0 Å². The number of hydrogen-bond donors (Lipinski definition) is 3. The van der Waals surface area contributed by atoms with E-state index in [0.29, 0.717) is 12.8 Å². The molecule has 0 aliphatic rings. The molecular formula is C29H55NO5S. The van der Waals surface area contributed by atoms with Crippen molar-refractivity contribution in [3.8, 4) is 0 Å². The van der Waals surface area contributed by atoms with Crippen molar-refractivity contribution in [1.82, 2.24) is 5.32 Å². The van der Waals surface area contributed by atoms with Gasteiger partial charge >= 0.3 is 0 Å². The van der Waals surface area contributed by atoms with Crippen LogP contribution < -0.4 is 5.32 Å². The first-order valence-corrected chi connectivity index (χ1v) is 16.1. The minimum absolute atomic E-state index is 0.290. The lowest BCUT2D eigenvalue weighted by Crippen LogP contribution is -2.46. The molecule has 3 N–H and O–H groups in total. The predicted octanol–water partition coefficient (Wildman–Crippen LogP) is 7.28. The SMILES string of the molecule is CCCC/C=C/CC/C=C/C(O)C(CS(=O)(=O)O)NC(=O)CCCCCCCCCCCCCCC. The molecule has 0 aromatic carbocycles. The molecule has 212 valence electrons. The summed E-state index contributed by atoms with van der Waals surface area (Å²) < 4.78 is 32.0. The minimum Gasteiger partial charge on any atom is -0.387 e. The van der Waals surface area contributed by atoms with Crippen molar-refractivity contribution in [3.05, 3.63) is 24.3 Å². The smallest absolute Gasteiger partial charge is 0.267 e. The third kappa shape index (κ3) is 24.5. The predicted molar refractivity (Wildman–Crippen MR) is 152 cm³/mol. The Kier molecular flexibility index (Phi) is 23.4. The van der Waals surface area contributed by atoms with Crippen LogP contribution in [0.2, 0.25) is 0 Å². The van der Waals surface area contributed by atoms with Gasteiger partial charge in [0.2, 0.25) is 5.91 Å². The number of rotatable bonds is 25. The van der Waals surface area contributed by atoms with Crippen molar-refractivity contribution < 1.29 is 22.9 Å². The zero-order valence-electron chi connectivity index (χ0n) is 23.1. The molecule has 0 fully saturated rings. The van der Waals surface area contributed by atoms with Gasteiger partial charge in [0.05, 0.1) is 17.9 Å². The molecule has 0 radical (unpaired) electrons. The highest BCUT2D eigenvalue weighted by Crippen LogP contribution is 2.13. The molecule has 1 amide bonds. The second-order valence-corrected chi connectivity index (χ2v) is 11.5. The number of carbonyl (C=O) groups excluding carboxylic acids is 1. The quantitative estimate of drug-likeness (QED) is 0.0654. The van der Waals surface area contributed by atoms with E-state index in [1.807, 2.05) is 0 Å². The summed E-state index contributed by atoms with van der Waals surface area (Å²) >= 11 is 0. The summed E-state index contributed by atoms with van der Waals surface area (Å²) in [7, 11) is -4.33. The van der Waals surface area contributed by atoms with Crippen LogP contribution in [0.15, 0.2) is 24.3 Å². The molecule has 0 bridgehead atoms. The molecule has 7 heteroatoms. The Hall–Kier alpha value is -1.18. The van der Waals surface area contributed by atoms with E-state index in [0.717, 1.165) is 38.5 Å². The molecule has 36 heavy (non-hydrogen) atoms. The highest BCUT2D eigenvalue weighted by molar-refractivity contribution is 7.85. The van der Waals surface area contributed by atoms with Crippen LogP contribution in [0.3, 0.4) is 0 Å². The molecule has 0 saturated carbocycles. The van der Waals surface area contributed by atoms with Gasteiger partial charge in [0, 0.05) is 6.42 Å². The lowest BCUT2D eigenvalue weighted by atomic mass is 10.0. The molecule has 6 nitrogen and oxygen atoms in total. The van der Waals surface area contributed by atoms with E-state index in [1.54, 1.807) is 6.08 Å². The van der Waals surface area contributed by atoms with Gasteiger partial charge < -0.3 is 10.4 Å². The standard InChI is InChI=1S/C29H55NO5S/c1-3-5-7-9-11-13-14-15-16-17-19-21-23-25-29(32)30-27(26-36(33,34)35)28(31)24-22-20-18-12-10-8-6-4-2/h10,12,22,24,27-28,31H,3-9,11,13-21,23,25-26H2,1-2H3,(H,30,32)(H,33,34,35)/b12-10+,24-22+. The van der Waals surface area contributed by atoms with E-state index in [-0.39, 0.29) is 5.91 Å². The third-order valence-electron chi connectivity index (χ3n) is 6.38. The number of carbonyl (C=O) groups is 1. The Balaban J connectivity index is 4.10. The number of allylic oxidation sites excluding steroid dienone is 3. The lowest BCUT2D eigenvalue weighted by Gasteiger charge is -2.21. The Morgan fingerprint density at radius 2 is 1.19 bits per heavy atom. The summed E-state index contributed by atoms with van der Waals surface area (Å²) in [6.45, 7) is 4.39. The first kappa shape index (κ1) is 34.8. The molecule has 0 rings (SSSR count). The Morgan fingerprint density at radius 3 is 1.72 bits per heavy atom. The minimum atomic E-state index is -4.33. The highest BCUT2D eigenvalue weighted by atomic mass is 32.2. The van der Waals surface area contributed by atoms with Gasteiger partial charge in [-0.05, 0) is 25.7 Å². The first-order valence-electron chi connectivity index (χ1n) is 14.5. The van der Waals surface area contributed by atoms with E-state index in [4.69, 9.17) is 0 Å². The maximum absolute atomic E-state index is 12.3. The zero-order chi connectivity index (χ0) is 26.9. The summed E-state index contributed by atoms with van der Waals surface area (Å²) in [5.74, 6) is -1.00. The summed E-state index contributed by atoms with van der Waals surface area (Å²) in [5.41, 5.74) is 0. The average molecular weight is 530 g/mol. The monoisotopic (exact) mass is 529 g/mol. The molecule has 0 saturated heterocycles. The third-order valence-corrected chi connectivity index (χ3v) is 7.16. The molecule has 0 aliphatic carbocycles. The Morgan fingerprint density at radius 1 is 0.722 bits per heavy atom. The molecule has 0 aromatic heterocycles. The normalized spacial score (nSPS) is 14.0. The van der Waals surface area contributed by atoms with Gasteiger partial charge in [-0.15, -0.1) is 0 Å². The molecule has 0 aliphatic heterocycles. The fourth-order valence-corrected chi connectivity index (χ4v) is 4.89. The molecule has 2 atom stereocenters. The number of unbranched alkanes of at least 4 members (excludes halogenated alkanes) is 15. The Labute approximate surface area is 222 Å². The molecule has 0 heterocycles. The zero-order valence-corrected chi connectivity index (χ0v) is 24.0. The van der Waals surface area contributed by atoms with Gasteiger partial charge in [-0.3, -0.25) is 9.35 Å². The summed E-state index contributed by atoms with van der Waals surface area (Å²) in [5, 5.41) is 13.0. The number of aliphatic hydroxyl groups excluding tert-OH is 1. The van der Waals surface area contributed by atoms with E-state index in [9.17, 15) is 22.9 Å². The van der Waals surface area contributed by atoms with Crippen molar-refractivity contribution >= 4 is 16.0 Å². The fraction of sp³-hybridized carbons (Fsp3) is 0.828. The second-order valence-electron chi connectivity index (χ2n) is 10.0. The van der Waals surface area contributed by atoms with Crippen LogP contribution in [0.5, 0.6) is 0 Å². The highest BCUT2D eigenvalue weighted by Gasteiger charge is 2.24. The van der Waals surface area contributed by atoms with Crippen LogP contribution in [0.4, 0.5) is 0 Å². The van der Waals surface area contributed by atoms with Crippen molar-refractivity contribution in [2.45, 2.75) is 148 Å². The van der Waals surface area contributed by atoms with Crippen molar-refractivity contribution in [2.24, 2.45) is 0 Å². The van der Waals surface area contributed by atoms with Crippen LogP contribution in [-0.4, -0.2) is 41.9 Å². The van der Waals surface area contributed by atoms with E-state index in [2.05, 4.69) is 31.3 Å². The van der Waals surface area contributed by atoms with Gasteiger partial charge in [0.1, 0.15) is 0 Å². The molecule has 0 spiro atoms. The summed E-state index contributed by atoms with van der Waals surface area (Å²) in [6, 6.07) is -1.06. The van der Waals surface area contributed by atoms with Crippen LogP contribution in [0.1, 0.15) is 136 Å². The van der Waals surface area contributed by atoms with Gasteiger partial charge in [-0.25, -0.2) is 0 Å². The fourth-order valence-electron chi connectivity index (χ4n) is 4.15. The van der Waals surface area contributed by atoms with Gasteiger partial charge in [-0.1, -0.05) is 128 Å². The number of aliphatic hydroxyl groups is 1. The van der Waals surface area contributed by atoms with Gasteiger partial charge in [-0.2, -0.15) is 8.42 Å². The van der Waals surface area contributed by atoms with Crippen LogP contribution >= 0.6 is 0 Å². The van der Waals surface area contributed by atoms with Crippen LogP contribution in [-0.2, 0) is 14.9 Å². The largest absolute Gasteiger partial charge is 0.387 e. The van der Waals surface area contributed by atoms with Crippen LogP contribution in [0, 0.1) is 0 Å². The van der Waals surface area contributed by atoms with Gasteiger partial charge in [0.25, 0.3) is 10.1 Å². The second kappa shape index (κ2) is 24.2. The molecular weight excluding hydrogens is 474 g/mol. The molecule has 2 unspecified atom stereocenters. The Bertz CT molecular complexity index is 675. The van der Waals surface area contributed by atoms with E-state index < -0.39 is 28.0 Å². The number of hydrogen-bond acceptors (Lipinski definition) is 4. The van der Waals surface area contributed by atoms with Crippen molar-refractivity contribution in [3.63, 3.8) is 0 Å². The van der Waals surface area contributed by atoms with Crippen LogP contribution in [0.25, 0.3) is 0 Å². The lowest BCUT2D eigenvalue weighted by molar-refractivity contribution is -0.122. The van der Waals surface area contributed by atoms with Crippen molar-refractivity contribution in [2.75, 3.05) is 5.75 Å². The first-order chi connectivity index (χ1) is 17.3. The maximum atomic E-state index is 12.3. The summed E-state index contributed by atoms with van der Waals surface area (Å²) in [4.78, 5) is 12.3. The number of nitrogens with one attached hydrogen (secondary N) is 1. The van der Waals surface area contributed by atoms with E-state index in [1.165, 1.54) is 76.7 Å². The molecule has 0 aromatic rings. The maximum Gasteiger partial charge on any atom is 0.267 e. The number of amides is 1. The van der Waals surface area contributed by atoms with E-state index >= 15 is 0 Å². The van der Waals surface area contributed by atoms with Crippen molar-refractivity contribution in [1.29, 1.82) is 0 Å². The topological polar surface area (TPSA) is 104 Å².